The predicted molar refractivity (Wildman–Crippen MR) is 68.3 cm³/mol. The van der Waals surface area contributed by atoms with Crippen molar-refractivity contribution < 1.29 is 0 Å². The number of nitrogens with two attached hydrogens (primary N) is 1. The topological polar surface area (TPSA) is 38.9 Å². The molecule has 0 aliphatic carbocycles. The van der Waals surface area contributed by atoms with Crippen molar-refractivity contribution >= 4 is 5.69 Å². The fourth-order valence-electron chi connectivity index (χ4n) is 1.79. The standard InChI is InChI=1S/C14H16N2/c1-9-5-4-6-12(11(9)3)14-13(15)10(2)7-8-16-14/h4-8H,15H2,1-3H3. The van der Waals surface area contributed by atoms with Crippen molar-refractivity contribution in [3.63, 3.8) is 0 Å². The number of hydrogen-bond acceptors (Lipinski definition) is 2. The average Bonchev–Trinajstić information content (AvgIpc) is 2.27. The van der Waals surface area contributed by atoms with Gasteiger partial charge in [0.2, 0.25) is 0 Å². The summed E-state index contributed by atoms with van der Waals surface area (Å²) in [5.41, 5.74) is 12.4. The minimum atomic E-state index is 0.774. The highest BCUT2D eigenvalue weighted by atomic mass is 14.7. The molecule has 82 valence electrons. The van der Waals surface area contributed by atoms with Gasteiger partial charge in [0.1, 0.15) is 0 Å². The number of nitrogen functional groups attached to an aromatic ring is 1. The van der Waals surface area contributed by atoms with Crippen LogP contribution in [0.5, 0.6) is 0 Å². The smallest absolute Gasteiger partial charge is 0.0936 e. The molecule has 2 heteroatoms. The number of aromatic nitrogens is 1. The summed E-state index contributed by atoms with van der Waals surface area (Å²) in [6, 6.07) is 8.15. The number of rotatable bonds is 1. The first kappa shape index (κ1) is 10.7. The lowest BCUT2D eigenvalue weighted by atomic mass is 9.99. The van der Waals surface area contributed by atoms with E-state index in [9.17, 15) is 0 Å². The largest absolute Gasteiger partial charge is 0.397 e. The first-order valence-electron chi connectivity index (χ1n) is 5.39. The van der Waals surface area contributed by atoms with Gasteiger partial charge in [0.05, 0.1) is 11.4 Å². The van der Waals surface area contributed by atoms with Crippen LogP contribution in [0.4, 0.5) is 5.69 Å². The zero-order valence-electron chi connectivity index (χ0n) is 9.91. The molecule has 0 aliphatic heterocycles. The van der Waals surface area contributed by atoms with Crippen molar-refractivity contribution in [2.24, 2.45) is 0 Å². The van der Waals surface area contributed by atoms with Gasteiger partial charge in [-0.1, -0.05) is 18.2 Å². The molecule has 2 rings (SSSR count). The van der Waals surface area contributed by atoms with Gasteiger partial charge in [-0.2, -0.15) is 0 Å². The van der Waals surface area contributed by atoms with Crippen molar-refractivity contribution in [1.82, 2.24) is 4.98 Å². The van der Waals surface area contributed by atoms with E-state index < -0.39 is 0 Å². The van der Waals surface area contributed by atoms with Gasteiger partial charge < -0.3 is 5.73 Å². The summed E-state index contributed by atoms with van der Waals surface area (Å²) in [7, 11) is 0. The van der Waals surface area contributed by atoms with Crippen LogP contribution in [0.15, 0.2) is 30.5 Å². The van der Waals surface area contributed by atoms with E-state index in [4.69, 9.17) is 5.73 Å². The van der Waals surface area contributed by atoms with Crippen LogP contribution < -0.4 is 5.73 Å². The lowest BCUT2D eigenvalue weighted by molar-refractivity contribution is 1.26. The first-order chi connectivity index (χ1) is 7.61. The Bertz CT molecular complexity index is 481. The van der Waals surface area contributed by atoms with E-state index in [2.05, 4.69) is 31.0 Å². The number of hydrogen-bond donors (Lipinski definition) is 1. The second-order valence-electron chi connectivity index (χ2n) is 4.14. The van der Waals surface area contributed by atoms with Gasteiger partial charge in [-0.05, 0) is 43.5 Å². The SMILES string of the molecule is Cc1cccc(-c2nccc(C)c2N)c1C. The highest BCUT2D eigenvalue weighted by molar-refractivity contribution is 5.77. The number of aryl methyl sites for hydroxylation is 2. The first-order valence-corrected chi connectivity index (χ1v) is 5.39. The summed E-state index contributed by atoms with van der Waals surface area (Å²) < 4.78 is 0. The summed E-state index contributed by atoms with van der Waals surface area (Å²) in [5.74, 6) is 0. The Hall–Kier alpha value is -1.83. The van der Waals surface area contributed by atoms with Crippen molar-refractivity contribution in [3.05, 3.63) is 47.2 Å². The van der Waals surface area contributed by atoms with Crippen molar-refractivity contribution in [1.29, 1.82) is 0 Å². The maximum Gasteiger partial charge on any atom is 0.0936 e. The van der Waals surface area contributed by atoms with Gasteiger partial charge >= 0.3 is 0 Å². The fraction of sp³-hybridized carbons (Fsp3) is 0.214. The molecule has 0 aliphatic rings. The molecule has 0 atom stereocenters. The second-order valence-corrected chi connectivity index (χ2v) is 4.14. The summed E-state index contributed by atoms with van der Waals surface area (Å²) in [6.45, 7) is 6.21. The lowest BCUT2D eigenvalue weighted by Crippen LogP contribution is -1.98. The molecule has 0 unspecified atom stereocenters. The van der Waals surface area contributed by atoms with E-state index in [0.717, 1.165) is 22.5 Å². The molecule has 2 nitrogen and oxygen atoms in total. The van der Waals surface area contributed by atoms with E-state index in [0.29, 0.717) is 0 Å². The van der Waals surface area contributed by atoms with Crippen LogP contribution in [0.3, 0.4) is 0 Å². The van der Waals surface area contributed by atoms with E-state index >= 15 is 0 Å². The average molecular weight is 212 g/mol. The van der Waals surface area contributed by atoms with E-state index in [1.165, 1.54) is 11.1 Å². The normalized spacial score (nSPS) is 10.4. The molecule has 0 saturated heterocycles. The Kier molecular flexibility index (Phi) is 2.65. The zero-order valence-corrected chi connectivity index (χ0v) is 9.91. The van der Waals surface area contributed by atoms with Gasteiger partial charge in [0.25, 0.3) is 0 Å². The minimum Gasteiger partial charge on any atom is -0.397 e. The van der Waals surface area contributed by atoms with Gasteiger partial charge in [0, 0.05) is 11.8 Å². The van der Waals surface area contributed by atoms with Crippen LogP contribution in [0, 0.1) is 20.8 Å². The zero-order chi connectivity index (χ0) is 11.7. The van der Waals surface area contributed by atoms with Gasteiger partial charge in [-0.3, -0.25) is 4.98 Å². The quantitative estimate of drug-likeness (QED) is 0.788. The lowest BCUT2D eigenvalue weighted by Gasteiger charge is -2.11. The molecule has 1 aromatic heterocycles. The highest BCUT2D eigenvalue weighted by Crippen LogP contribution is 2.29. The van der Waals surface area contributed by atoms with Crippen molar-refractivity contribution in [3.8, 4) is 11.3 Å². The van der Waals surface area contributed by atoms with Crippen LogP contribution in [-0.4, -0.2) is 4.98 Å². The number of nitrogens with zero attached hydrogens (tertiary/aromatic N) is 1. The molecular weight excluding hydrogens is 196 g/mol. The van der Waals surface area contributed by atoms with Crippen LogP contribution in [-0.2, 0) is 0 Å². The van der Waals surface area contributed by atoms with Crippen LogP contribution >= 0.6 is 0 Å². The second kappa shape index (κ2) is 3.97. The molecule has 0 amide bonds. The number of pyridine rings is 1. The molecular formula is C14H16N2. The molecule has 0 saturated carbocycles. The van der Waals surface area contributed by atoms with Crippen molar-refractivity contribution in [2.75, 3.05) is 5.73 Å². The number of anilines is 1. The molecule has 2 aromatic rings. The molecule has 16 heavy (non-hydrogen) atoms. The summed E-state index contributed by atoms with van der Waals surface area (Å²) in [6.07, 6.45) is 1.81. The third kappa shape index (κ3) is 1.67. The monoisotopic (exact) mass is 212 g/mol. The number of benzene rings is 1. The summed E-state index contributed by atoms with van der Waals surface area (Å²) in [4.78, 5) is 4.39. The minimum absolute atomic E-state index is 0.774. The van der Waals surface area contributed by atoms with Crippen LogP contribution in [0.25, 0.3) is 11.3 Å². The maximum absolute atomic E-state index is 6.07. The maximum atomic E-state index is 6.07. The Balaban J connectivity index is 2.68. The van der Waals surface area contributed by atoms with Gasteiger partial charge in [-0.15, -0.1) is 0 Å². The molecule has 2 N–H and O–H groups in total. The molecule has 1 heterocycles. The summed E-state index contributed by atoms with van der Waals surface area (Å²) >= 11 is 0. The van der Waals surface area contributed by atoms with E-state index in [1.54, 1.807) is 0 Å². The molecule has 0 spiro atoms. The molecule has 0 bridgehead atoms. The van der Waals surface area contributed by atoms with Gasteiger partial charge in [0.15, 0.2) is 0 Å². The third-order valence-corrected chi connectivity index (χ3v) is 3.07. The molecule has 0 fully saturated rings. The summed E-state index contributed by atoms with van der Waals surface area (Å²) in [5, 5.41) is 0. The predicted octanol–water partition coefficient (Wildman–Crippen LogP) is 3.26. The third-order valence-electron chi connectivity index (χ3n) is 3.07. The highest BCUT2D eigenvalue weighted by Gasteiger charge is 2.09. The molecule has 0 radical (unpaired) electrons. The Morgan fingerprint density at radius 2 is 1.75 bits per heavy atom. The van der Waals surface area contributed by atoms with Crippen molar-refractivity contribution in [2.45, 2.75) is 20.8 Å². The van der Waals surface area contributed by atoms with Crippen LogP contribution in [0.2, 0.25) is 0 Å². The molecule has 1 aromatic carbocycles. The Labute approximate surface area is 96.1 Å². The Morgan fingerprint density at radius 1 is 1.00 bits per heavy atom. The van der Waals surface area contributed by atoms with E-state index in [1.807, 2.05) is 25.3 Å². The van der Waals surface area contributed by atoms with Crippen LogP contribution in [0.1, 0.15) is 16.7 Å². The fourth-order valence-corrected chi connectivity index (χ4v) is 1.79. The Morgan fingerprint density at radius 3 is 2.50 bits per heavy atom. The van der Waals surface area contributed by atoms with Gasteiger partial charge in [-0.25, -0.2) is 0 Å². The van der Waals surface area contributed by atoms with E-state index in [-0.39, 0.29) is 0 Å².